The van der Waals surface area contributed by atoms with Crippen LogP contribution >= 0.6 is 0 Å². The van der Waals surface area contributed by atoms with E-state index in [1.165, 1.54) is 6.92 Å². The van der Waals surface area contributed by atoms with Gasteiger partial charge in [-0.1, -0.05) is 13.8 Å². The number of hydrogen-bond acceptors (Lipinski definition) is 2. The van der Waals surface area contributed by atoms with Gasteiger partial charge in [-0.05, 0) is 39.0 Å². The van der Waals surface area contributed by atoms with Crippen molar-refractivity contribution in [3.8, 4) is 0 Å². The third-order valence-corrected chi connectivity index (χ3v) is 4.44. The molecule has 2 nitrogen and oxygen atoms in total. The molecule has 0 aliphatic heterocycles. The van der Waals surface area contributed by atoms with E-state index in [0.29, 0.717) is 6.42 Å². The summed E-state index contributed by atoms with van der Waals surface area (Å²) >= 11 is 0. The number of ether oxygens (including phenoxy) is 1. The minimum absolute atomic E-state index is 0.0388. The lowest BCUT2D eigenvalue weighted by atomic mass is 9.90. The largest absolute Gasteiger partial charge is 0.465 e. The summed E-state index contributed by atoms with van der Waals surface area (Å²) in [5.41, 5.74) is -0.776. The van der Waals surface area contributed by atoms with Gasteiger partial charge in [0.15, 0.2) is 0 Å². The minimum atomic E-state index is -6.87. The van der Waals surface area contributed by atoms with Gasteiger partial charge < -0.3 is 4.74 Å². The van der Waals surface area contributed by atoms with Crippen molar-refractivity contribution in [2.45, 2.75) is 77.3 Å². The number of hydrogen-bond donors (Lipinski definition) is 0. The van der Waals surface area contributed by atoms with E-state index < -0.39 is 54.1 Å². The summed E-state index contributed by atoms with van der Waals surface area (Å²) in [6.45, 7) is 6.05. The maximum Gasteiger partial charge on any atom is 0.460 e. The molecular weight excluding hydrogens is 395 g/mol. The van der Waals surface area contributed by atoms with E-state index in [1.54, 1.807) is 20.8 Å². The van der Waals surface area contributed by atoms with Crippen molar-refractivity contribution in [1.29, 1.82) is 0 Å². The van der Waals surface area contributed by atoms with Crippen LogP contribution in [-0.2, 0) is 9.53 Å². The highest BCUT2D eigenvalue weighted by Crippen LogP contribution is 2.54. The predicted molar refractivity (Wildman–Crippen MR) is 78.9 cm³/mol. The van der Waals surface area contributed by atoms with Gasteiger partial charge >= 0.3 is 29.9 Å². The Morgan fingerprint density at radius 3 is 1.78 bits per heavy atom. The van der Waals surface area contributed by atoms with Gasteiger partial charge in [0.05, 0.1) is 12.0 Å². The van der Waals surface area contributed by atoms with Gasteiger partial charge in [0, 0.05) is 6.42 Å². The molecule has 0 saturated carbocycles. The smallest absolute Gasteiger partial charge is 0.460 e. The summed E-state index contributed by atoms with van der Waals surface area (Å²) in [7, 11) is 0. The van der Waals surface area contributed by atoms with Gasteiger partial charge in [-0.3, -0.25) is 4.79 Å². The number of rotatable bonds is 10. The van der Waals surface area contributed by atoms with E-state index in [1.807, 2.05) is 0 Å². The predicted octanol–water partition coefficient (Wildman–Crippen LogP) is 6.24. The fourth-order valence-electron chi connectivity index (χ4n) is 1.83. The first-order valence-electron chi connectivity index (χ1n) is 8.21. The molecule has 0 aliphatic carbocycles. The Kier molecular flexibility index (Phi) is 8.10. The summed E-state index contributed by atoms with van der Waals surface area (Å²) < 4.78 is 120. The molecule has 0 heterocycles. The van der Waals surface area contributed by atoms with Gasteiger partial charge in [-0.15, -0.1) is 0 Å². The number of carbonyl (C=O) groups excluding carboxylic acids is 1. The molecule has 162 valence electrons. The van der Waals surface area contributed by atoms with Crippen LogP contribution in [0.4, 0.5) is 39.5 Å². The molecule has 0 spiro atoms. The highest BCUT2D eigenvalue weighted by molar-refractivity contribution is 5.75. The topological polar surface area (TPSA) is 26.3 Å². The van der Waals surface area contributed by atoms with Crippen molar-refractivity contribution in [3.63, 3.8) is 0 Å². The van der Waals surface area contributed by atoms with Gasteiger partial charge in [0.1, 0.15) is 0 Å². The van der Waals surface area contributed by atoms with Crippen molar-refractivity contribution in [2.75, 3.05) is 6.61 Å². The molecule has 0 rings (SSSR count). The highest BCUT2D eigenvalue weighted by Gasteiger charge is 2.81. The molecule has 27 heavy (non-hydrogen) atoms. The molecule has 0 aromatic rings. The van der Waals surface area contributed by atoms with Crippen LogP contribution in [-0.4, -0.2) is 36.5 Å². The SMILES string of the molecule is CCC(C)(C)C(=O)OCCC(C)CCC(F)(F)C(F)(F)C(F)(F)C(F)(F)F. The summed E-state index contributed by atoms with van der Waals surface area (Å²) in [6, 6.07) is 0. The number of esters is 1. The van der Waals surface area contributed by atoms with E-state index in [4.69, 9.17) is 4.74 Å². The number of halogens is 9. The maximum atomic E-state index is 13.4. The maximum absolute atomic E-state index is 13.4. The zero-order valence-electron chi connectivity index (χ0n) is 15.3. The lowest BCUT2D eigenvalue weighted by molar-refractivity contribution is -0.397. The van der Waals surface area contributed by atoms with E-state index in [0.717, 1.165) is 0 Å². The molecule has 0 aromatic carbocycles. The second-order valence-corrected chi connectivity index (χ2v) is 7.16. The molecule has 0 saturated heterocycles. The van der Waals surface area contributed by atoms with E-state index in [-0.39, 0.29) is 13.0 Å². The third-order valence-electron chi connectivity index (χ3n) is 4.44. The average Bonchev–Trinajstić information content (AvgIpc) is 2.51. The van der Waals surface area contributed by atoms with E-state index in [9.17, 15) is 44.3 Å². The van der Waals surface area contributed by atoms with Crippen LogP contribution in [0, 0.1) is 11.3 Å². The highest BCUT2D eigenvalue weighted by atomic mass is 19.4. The summed E-state index contributed by atoms with van der Waals surface area (Å²) in [5.74, 6) is -20.4. The Hall–Kier alpha value is -1.16. The average molecular weight is 418 g/mol. The molecular formula is C16H23F9O2. The molecule has 0 bridgehead atoms. The second kappa shape index (κ2) is 8.46. The Balaban J connectivity index is 4.75. The van der Waals surface area contributed by atoms with Gasteiger partial charge in [-0.25, -0.2) is 0 Å². The fourth-order valence-corrected chi connectivity index (χ4v) is 1.83. The van der Waals surface area contributed by atoms with Crippen LogP contribution in [0.3, 0.4) is 0 Å². The number of carbonyl (C=O) groups is 1. The Labute approximate surface area is 151 Å². The van der Waals surface area contributed by atoms with Gasteiger partial charge in [-0.2, -0.15) is 39.5 Å². The number of alkyl halides is 9. The molecule has 1 atom stereocenters. The van der Waals surface area contributed by atoms with Crippen molar-refractivity contribution in [1.82, 2.24) is 0 Å². The summed E-state index contributed by atoms with van der Waals surface area (Å²) in [5, 5.41) is 0. The van der Waals surface area contributed by atoms with E-state index in [2.05, 4.69) is 0 Å². The summed E-state index contributed by atoms with van der Waals surface area (Å²) in [4.78, 5) is 11.7. The quantitative estimate of drug-likeness (QED) is 0.310. The Morgan fingerprint density at radius 2 is 1.37 bits per heavy atom. The molecule has 0 N–H and O–H groups in total. The van der Waals surface area contributed by atoms with Gasteiger partial charge in [0.2, 0.25) is 0 Å². The minimum Gasteiger partial charge on any atom is -0.465 e. The first kappa shape index (κ1) is 25.8. The standard InChI is InChI=1S/C16H23F9O2/c1-5-12(3,4)11(26)27-9-7-10(2)6-8-13(17,18)14(19,20)15(21,22)16(23,24)25/h10H,5-9H2,1-4H3. The lowest BCUT2D eigenvalue weighted by Crippen LogP contribution is -2.60. The molecule has 0 aromatic heterocycles. The summed E-state index contributed by atoms with van der Waals surface area (Å²) in [6.07, 6.45) is -9.02. The first-order chi connectivity index (χ1) is 11.8. The molecule has 0 fully saturated rings. The van der Waals surface area contributed by atoms with Crippen LogP contribution in [0.25, 0.3) is 0 Å². The van der Waals surface area contributed by atoms with Crippen LogP contribution < -0.4 is 0 Å². The van der Waals surface area contributed by atoms with Crippen LogP contribution in [0.2, 0.25) is 0 Å². The lowest BCUT2D eigenvalue weighted by Gasteiger charge is -2.34. The fraction of sp³-hybridized carbons (Fsp3) is 0.938. The van der Waals surface area contributed by atoms with Crippen molar-refractivity contribution >= 4 is 5.97 Å². The van der Waals surface area contributed by atoms with Crippen LogP contribution in [0.5, 0.6) is 0 Å². The van der Waals surface area contributed by atoms with Crippen molar-refractivity contribution in [2.24, 2.45) is 11.3 Å². The third kappa shape index (κ3) is 5.91. The van der Waals surface area contributed by atoms with Crippen LogP contribution in [0.1, 0.15) is 53.4 Å². The van der Waals surface area contributed by atoms with Crippen molar-refractivity contribution in [3.05, 3.63) is 0 Å². The normalized spacial score (nSPS) is 15.6. The van der Waals surface area contributed by atoms with Gasteiger partial charge in [0.25, 0.3) is 0 Å². The molecule has 0 radical (unpaired) electrons. The first-order valence-corrected chi connectivity index (χ1v) is 8.21. The zero-order chi connectivity index (χ0) is 21.9. The molecule has 0 amide bonds. The zero-order valence-corrected chi connectivity index (χ0v) is 15.3. The second-order valence-electron chi connectivity index (χ2n) is 7.16. The van der Waals surface area contributed by atoms with E-state index >= 15 is 0 Å². The molecule has 1 unspecified atom stereocenters. The Morgan fingerprint density at radius 1 is 0.889 bits per heavy atom. The van der Waals surface area contributed by atoms with Crippen LogP contribution in [0.15, 0.2) is 0 Å². The van der Waals surface area contributed by atoms with Crippen molar-refractivity contribution < 1.29 is 49.0 Å². The molecule has 11 heteroatoms. The Bertz CT molecular complexity index is 499. The monoisotopic (exact) mass is 418 g/mol. The molecule has 0 aliphatic rings.